The number of nitrogens with one attached hydrogen (secondary N) is 1. The summed E-state index contributed by atoms with van der Waals surface area (Å²) in [4.78, 5) is 13.1. The SMILES string of the molecule is Cc1cc(Br)ccc1SCC(=O)Nc1nnc(C2CC2)s1. The molecular weight excluding hydrogens is 370 g/mol. The number of amides is 1. The summed E-state index contributed by atoms with van der Waals surface area (Å²) in [6, 6.07) is 6.06. The van der Waals surface area contributed by atoms with Gasteiger partial charge in [0, 0.05) is 15.3 Å². The van der Waals surface area contributed by atoms with E-state index in [1.165, 1.54) is 35.9 Å². The molecule has 1 heterocycles. The van der Waals surface area contributed by atoms with Crippen LogP contribution in [0.5, 0.6) is 0 Å². The summed E-state index contributed by atoms with van der Waals surface area (Å²) in [7, 11) is 0. The standard InChI is InChI=1S/C14H14BrN3OS2/c1-8-6-10(15)4-5-11(8)20-7-12(19)16-14-18-17-13(21-14)9-2-3-9/h4-6,9H,2-3,7H2,1H3,(H,16,18,19). The van der Waals surface area contributed by atoms with Crippen LogP contribution in [-0.4, -0.2) is 21.9 Å². The Balaban J connectivity index is 1.53. The molecule has 0 saturated heterocycles. The van der Waals surface area contributed by atoms with Crippen LogP contribution in [0, 0.1) is 6.92 Å². The second-order valence-electron chi connectivity index (χ2n) is 4.97. The lowest BCUT2D eigenvalue weighted by Gasteiger charge is -2.05. The molecule has 0 atom stereocenters. The zero-order valence-electron chi connectivity index (χ0n) is 11.4. The fourth-order valence-corrected chi connectivity index (χ4v) is 4.07. The minimum absolute atomic E-state index is 0.0409. The number of hydrogen-bond donors (Lipinski definition) is 1. The first-order valence-corrected chi connectivity index (χ1v) is 9.23. The Morgan fingerprint density at radius 1 is 1.48 bits per heavy atom. The zero-order valence-corrected chi connectivity index (χ0v) is 14.6. The summed E-state index contributed by atoms with van der Waals surface area (Å²) in [5.41, 5.74) is 1.16. The second-order valence-corrected chi connectivity index (χ2v) is 7.91. The highest BCUT2D eigenvalue weighted by atomic mass is 79.9. The van der Waals surface area contributed by atoms with Crippen molar-refractivity contribution >= 4 is 50.1 Å². The molecule has 0 spiro atoms. The van der Waals surface area contributed by atoms with E-state index in [0.29, 0.717) is 16.8 Å². The molecule has 1 saturated carbocycles. The zero-order chi connectivity index (χ0) is 14.8. The van der Waals surface area contributed by atoms with Crippen molar-refractivity contribution in [3.05, 3.63) is 33.2 Å². The molecule has 0 bridgehead atoms. The third kappa shape index (κ3) is 4.05. The molecule has 1 aromatic carbocycles. The summed E-state index contributed by atoms with van der Waals surface area (Å²) in [5.74, 6) is 0.912. The molecule has 0 radical (unpaired) electrons. The van der Waals surface area contributed by atoms with Gasteiger partial charge in [0.1, 0.15) is 5.01 Å². The van der Waals surface area contributed by atoms with Gasteiger partial charge >= 0.3 is 0 Å². The largest absolute Gasteiger partial charge is 0.300 e. The fourth-order valence-electron chi connectivity index (χ4n) is 1.85. The number of carbonyl (C=O) groups excluding carboxylic acids is 1. The average Bonchev–Trinajstić information content (AvgIpc) is 3.19. The molecule has 1 aliphatic rings. The Bertz CT molecular complexity index is 670. The normalized spacial score (nSPS) is 14.2. The topological polar surface area (TPSA) is 54.9 Å². The quantitative estimate of drug-likeness (QED) is 0.785. The van der Waals surface area contributed by atoms with Gasteiger partial charge < -0.3 is 0 Å². The van der Waals surface area contributed by atoms with Gasteiger partial charge in [-0.15, -0.1) is 22.0 Å². The van der Waals surface area contributed by atoms with Gasteiger partial charge in [-0.3, -0.25) is 10.1 Å². The van der Waals surface area contributed by atoms with Crippen LogP contribution in [0.1, 0.15) is 29.3 Å². The number of benzene rings is 1. The lowest BCUT2D eigenvalue weighted by Crippen LogP contribution is -2.13. The number of carbonyl (C=O) groups is 1. The predicted octanol–water partition coefficient (Wildman–Crippen LogP) is 4.22. The lowest BCUT2D eigenvalue weighted by atomic mass is 10.2. The summed E-state index contributed by atoms with van der Waals surface area (Å²) >= 11 is 6.46. The van der Waals surface area contributed by atoms with Crippen LogP contribution in [0.3, 0.4) is 0 Å². The van der Waals surface area contributed by atoms with Gasteiger partial charge in [0.2, 0.25) is 11.0 Å². The van der Waals surface area contributed by atoms with Crippen LogP contribution in [0.2, 0.25) is 0 Å². The molecule has 2 aromatic rings. The predicted molar refractivity (Wildman–Crippen MR) is 90.1 cm³/mol. The van der Waals surface area contributed by atoms with Crippen molar-refractivity contribution in [2.24, 2.45) is 0 Å². The first-order valence-electron chi connectivity index (χ1n) is 6.64. The number of thioether (sulfide) groups is 1. The summed E-state index contributed by atoms with van der Waals surface area (Å²) in [6.07, 6.45) is 2.39. The molecular formula is C14H14BrN3OS2. The van der Waals surface area contributed by atoms with Gasteiger partial charge in [0.05, 0.1) is 5.75 Å². The van der Waals surface area contributed by atoms with Crippen molar-refractivity contribution in [3.63, 3.8) is 0 Å². The van der Waals surface area contributed by atoms with E-state index in [1.54, 1.807) is 0 Å². The van der Waals surface area contributed by atoms with Crippen LogP contribution >= 0.6 is 39.0 Å². The van der Waals surface area contributed by atoms with Crippen molar-refractivity contribution in [1.82, 2.24) is 10.2 Å². The van der Waals surface area contributed by atoms with E-state index in [9.17, 15) is 4.79 Å². The average molecular weight is 384 g/mol. The molecule has 1 aromatic heterocycles. The van der Waals surface area contributed by atoms with Gasteiger partial charge in [-0.05, 0) is 43.5 Å². The molecule has 4 nitrogen and oxygen atoms in total. The summed E-state index contributed by atoms with van der Waals surface area (Å²) < 4.78 is 1.05. The maximum atomic E-state index is 12.0. The molecule has 1 fully saturated rings. The van der Waals surface area contributed by atoms with Crippen molar-refractivity contribution < 1.29 is 4.79 Å². The Labute approximate surface area is 139 Å². The van der Waals surface area contributed by atoms with Crippen molar-refractivity contribution in [3.8, 4) is 0 Å². The monoisotopic (exact) mass is 383 g/mol. The van der Waals surface area contributed by atoms with E-state index in [2.05, 4.69) is 31.4 Å². The van der Waals surface area contributed by atoms with E-state index in [-0.39, 0.29) is 5.91 Å². The van der Waals surface area contributed by atoms with E-state index in [1.807, 2.05) is 25.1 Å². The first-order chi connectivity index (χ1) is 10.1. The van der Waals surface area contributed by atoms with E-state index in [0.717, 1.165) is 19.9 Å². The van der Waals surface area contributed by atoms with Crippen molar-refractivity contribution in [1.29, 1.82) is 0 Å². The Morgan fingerprint density at radius 2 is 2.29 bits per heavy atom. The molecule has 7 heteroatoms. The number of hydrogen-bond acceptors (Lipinski definition) is 5. The Kier molecular flexibility index (Phi) is 4.61. The molecule has 0 aliphatic heterocycles. The van der Waals surface area contributed by atoms with Crippen molar-refractivity contribution in [2.45, 2.75) is 30.6 Å². The molecule has 3 rings (SSSR count). The summed E-state index contributed by atoms with van der Waals surface area (Å²) in [5, 5.41) is 12.6. The van der Waals surface area contributed by atoms with E-state index >= 15 is 0 Å². The minimum Gasteiger partial charge on any atom is -0.300 e. The molecule has 110 valence electrons. The van der Waals surface area contributed by atoms with Crippen LogP contribution in [0.25, 0.3) is 0 Å². The van der Waals surface area contributed by atoms with Crippen molar-refractivity contribution in [2.75, 3.05) is 11.1 Å². The van der Waals surface area contributed by atoms with Gasteiger partial charge in [-0.25, -0.2) is 0 Å². The van der Waals surface area contributed by atoms with Gasteiger partial charge in [0.25, 0.3) is 0 Å². The highest BCUT2D eigenvalue weighted by Gasteiger charge is 2.27. The molecule has 1 amide bonds. The van der Waals surface area contributed by atoms with E-state index in [4.69, 9.17) is 0 Å². The fraction of sp³-hybridized carbons (Fsp3) is 0.357. The number of rotatable bonds is 5. The molecule has 1 aliphatic carbocycles. The lowest BCUT2D eigenvalue weighted by molar-refractivity contribution is -0.113. The number of halogens is 1. The van der Waals surface area contributed by atoms with Crippen LogP contribution < -0.4 is 5.32 Å². The number of aryl methyl sites for hydroxylation is 1. The van der Waals surface area contributed by atoms with Crippen LogP contribution in [-0.2, 0) is 4.79 Å². The molecule has 0 unspecified atom stereocenters. The molecule has 21 heavy (non-hydrogen) atoms. The number of aromatic nitrogens is 2. The maximum Gasteiger partial charge on any atom is 0.236 e. The van der Waals surface area contributed by atoms with Gasteiger partial charge in [-0.1, -0.05) is 27.3 Å². The highest BCUT2D eigenvalue weighted by molar-refractivity contribution is 9.10. The van der Waals surface area contributed by atoms with E-state index < -0.39 is 0 Å². The second kappa shape index (κ2) is 6.46. The Hall–Kier alpha value is -0.920. The minimum atomic E-state index is -0.0409. The van der Waals surface area contributed by atoms with Gasteiger partial charge in [-0.2, -0.15) is 0 Å². The highest BCUT2D eigenvalue weighted by Crippen LogP contribution is 2.42. The smallest absolute Gasteiger partial charge is 0.236 e. The Morgan fingerprint density at radius 3 is 3.00 bits per heavy atom. The summed E-state index contributed by atoms with van der Waals surface area (Å²) in [6.45, 7) is 2.04. The van der Waals surface area contributed by atoms with Crippen LogP contribution in [0.4, 0.5) is 5.13 Å². The number of anilines is 1. The van der Waals surface area contributed by atoms with Crippen LogP contribution in [0.15, 0.2) is 27.6 Å². The maximum absolute atomic E-state index is 12.0. The molecule has 1 N–H and O–H groups in total. The third-order valence-electron chi connectivity index (χ3n) is 3.11. The van der Waals surface area contributed by atoms with Gasteiger partial charge in [0.15, 0.2) is 0 Å². The number of nitrogens with zero attached hydrogens (tertiary/aromatic N) is 2. The first kappa shape index (κ1) is 15.0. The third-order valence-corrected chi connectivity index (χ3v) is 5.78.